The molecule has 6 heteroatoms. The van der Waals surface area contributed by atoms with Crippen molar-refractivity contribution in [3.8, 4) is 0 Å². The summed E-state index contributed by atoms with van der Waals surface area (Å²) >= 11 is 5.89. The Hall–Kier alpha value is 0.280. The molecule has 0 aliphatic carbocycles. The summed E-state index contributed by atoms with van der Waals surface area (Å²) in [5, 5.41) is 0. The Kier molecular flexibility index (Phi) is 6.50. The van der Waals surface area contributed by atoms with Crippen LogP contribution in [0.25, 0.3) is 0 Å². The Balaban J connectivity index is 0.00000162. The van der Waals surface area contributed by atoms with E-state index in [-0.39, 0.29) is 24.0 Å². The third-order valence-electron chi connectivity index (χ3n) is 1.98. The van der Waals surface area contributed by atoms with Crippen molar-refractivity contribution < 1.29 is 42.4 Å². The van der Waals surface area contributed by atoms with E-state index in [1.165, 1.54) is 12.1 Å². The van der Waals surface area contributed by atoms with Gasteiger partial charge >= 0.3 is 21.2 Å². The van der Waals surface area contributed by atoms with Crippen molar-refractivity contribution in [2.75, 3.05) is 0 Å². The van der Waals surface area contributed by atoms with Gasteiger partial charge in [0.05, 0.1) is 8.95 Å². The molecule has 0 atom stereocenters. The smallest absolute Gasteiger partial charge is 0.357 e. The second kappa shape index (κ2) is 7.17. The molecule has 0 nitrogen and oxygen atoms in total. The first-order valence-electron chi connectivity index (χ1n) is 4.61. The van der Waals surface area contributed by atoms with Crippen LogP contribution in [0.1, 0.15) is 0 Å². The minimum atomic E-state index is -0.424. The zero-order chi connectivity index (χ0) is 12.4. The Bertz CT molecular complexity index is 514. The van der Waals surface area contributed by atoms with Gasteiger partial charge in [0.25, 0.3) is 0 Å². The molecule has 0 fully saturated rings. The summed E-state index contributed by atoms with van der Waals surface area (Å²) in [6, 6.07) is 9.98. The van der Waals surface area contributed by atoms with Crippen LogP contribution in [0.4, 0.5) is 8.78 Å². The average molecular weight is 510 g/mol. The first-order chi connectivity index (χ1) is 8.06. The second-order valence-corrected chi connectivity index (χ2v) is 7.95. The van der Waals surface area contributed by atoms with Crippen LogP contribution < -0.4 is 33.6 Å². The summed E-state index contributed by atoms with van der Waals surface area (Å²) in [6.45, 7) is 0. The quantitative estimate of drug-likeness (QED) is 0.346. The molecule has 0 saturated carbocycles. The van der Waals surface area contributed by atoms with Crippen molar-refractivity contribution in [1.82, 2.24) is 0 Å². The lowest BCUT2D eigenvalue weighted by Gasteiger charge is -1.93. The largest absolute Gasteiger partial charge is 1.00 e. The van der Waals surface area contributed by atoms with Gasteiger partial charge in [0.2, 0.25) is 0 Å². The fraction of sp³-hybridized carbons (Fsp3) is 0. The van der Waals surface area contributed by atoms with Crippen molar-refractivity contribution in [1.29, 1.82) is 0 Å². The summed E-state index contributed by atoms with van der Waals surface area (Å²) in [4.78, 5) is 0. The molecule has 2 rings (SSSR count). The Morgan fingerprint density at radius 3 is 1.50 bits per heavy atom. The van der Waals surface area contributed by atoms with Crippen molar-refractivity contribution in [2.45, 2.75) is 0 Å². The van der Waals surface area contributed by atoms with Crippen LogP contribution in [-0.2, 0) is 0 Å². The molecule has 0 spiro atoms. The van der Waals surface area contributed by atoms with E-state index in [1.807, 2.05) is 0 Å². The molecule has 0 N–H and O–H groups in total. The average Bonchev–Trinajstić information content (AvgIpc) is 2.29. The standard InChI is InChI=1S/C12H6Br2F2I.ClH/c13-9-5-7(1-3-11(9)15)17-8-2-4-12(16)10(14)6-8;/h1-6H;1H/q+1;/p-1. The van der Waals surface area contributed by atoms with Gasteiger partial charge in [-0.2, -0.15) is 0 Å². The molecule has 0 unspecified atom stereocenters. The van der Waals surface area contributed by atoms with Gasteiger partial charge in [0, 0.05) is 12.1 Å². The molecule has 96 valence electrons. The summed E-state index contributed by atoms with van der Waals surface area (Å²) in [5.41, 5.74) is 0. The summed E-state index contributed by atoms with van der Waals surface area (Å²) < 4.78 is 29.2. The lowest BCUT2D eigenvalue weighted by Crippen LogP contribution is -3.61. The van der Waals surface area contributed by atoms with Gasteiger partial charge in [-0.3, -0.25) is 0 Å². The summed E-state index contributed by atoms with van der Waals surface area (Å²) in [5.74, 6) is -0.531. The van der Waals surface area contributed by atoms with Crippen LogP contribution in [0.5, 0.6) is 0 Å². The Labute approximate surface area is 137 Å². The zero-order valence-corrected chi connectivity index (χ0v) is 14.8. The maximum absolute atomic E-state index is 13.1. The van der Waals surface area contributed by atoms with E-state index < -0.39 is 21.2 Å². The van der Waals surface area contributed by atoms with Crippen LogP contribution in [0.2, 0.25) is 0 Å². The van der Waals surface area contributed by atoms with Gasteiger partial charge < -0.3 is 12.4 Å². The predicted molar refractivity (Wildman–Crippen MR) is 65.6 cm³/mol. The molecule has 0 saturated heterocycles. The van der Waals surface area contributed by atoms with Gasteiger partial charge in [0.15, 0.2) is 7.14 Å². The molecular formula is C12H6Br2ClF2I. The first-order valence-corrected chi connectivity index (χ1v) is 8.35. The monoisotopic (exact) mass is 508 g/mol. The minimum absolute atomic E-state index is 0. The normalized spacial score (nSPS) is 10.0. The lowest BCUT2D eigenvalue weighted by atomic mass is 10.4. The van der Waals surface area contributed by atoms with Gasteiger partial charge in [-0.25, -0.2) is 8.78 Å². The van der Waals surface area contributed by atoms with Gasteiger partial charge in [-0.05, 0) is 56.1 Å². The van der Waals surface area contributed by atoms with Crippen molar-refractivity contribution in [3.63, 3.8) is 0 Å². The first kappa shape index (κ1) is 16.3. The summed E-state index contributed by atoms with van der Waals surface area (Å²) in [6.07, 6.45) is 0. The van der Waals surface area contributed by atoms with Gasteiger partial charge in [-0.15, -0.1) is 0 Å². The van der Waals surface area contributed by atoms with Gasteiger partial charge in [0.1, 0.15) is 11.6 Å². The van der Waals surface area contributed by atoms with E-state index in [0.29, 0.717) is 8.95 Å². The second-order valence-electron chi connectivity index (χ2n) is 3.21. The maximum atomic E-state index is 13.1. The van der Waals surface area contributed by atoms with E-state index in [4.69, 9.17) is 0 Å². The number of benzene rings is 2. The zero-order valence-electron chi connectivity index (χ0n) is 8.73. The molecule has 0 aromatic heterocycles. The van der Waals surface area contributed by atoms with E-state index in [9.17, 15) is 8.78 Å². The van der Waals surface area contributed by atoms with Crippen LogP contribution in [0, 0.1) is 18.8 Å². The SMILES string of the molecule is Fc1ccc([I+]c2ccc(F)c(Br)c2)cc1Br.[Cl-]. The fourth-order valence-electron chi connectivity index (χ4n) is 1.18. The number of halogens is 6. The van der Waals surface area contributed by atoms with E-state index >= 15 is 0 Å². The number of rotatable bonds is 2. The van der Waals surface area contributed by atoms with E-state index in [2.05, 4.69) is 31.9 Å². The van der Waals surface area contributed by atoms with Crippen molar-refractivity contribution in [2.24, 2.45) is 0 Å². The fourth-order valence-corrected chi connectivity index (χ4v) is 5.17. The molecular weight excluding hydrogens is 504 g/mol. The highest BCUT2D eigenvalue weighted by Gasteiger charge is 2.18. The third kappa shape index (κ3) is 4.15. The van der Waals surface area contributed by atoms with Crippen LogP contribution in [0.15, 0.2) is 45.3 Å². The molecule has 0 radical (unpaired) electrons. The molecule has 0 aliphatic rings. The molecule has 0 amide bonds. The molecule has 2 aromatic carbocycles. The molecule has 0 bridgehead atoms. The van der Waals surface area contributed by atoms with Crippen LogP contribution >= 0.6 is 31.9 Å². The molecule has 0 aliphatic heterocycles. The van der Waals surface area contributed by atoms with Crippen LogP contribution in [-0.4, -0.2) is 0 Å². The molecule has 2 aromatic rings. The highest BCUT2D eigenvalue weighted by molar-refractivity contribution is 9.10. The van der Waals surface area contributed by atoms with E-state index in [1.54, 1.807) is 24.3 Å². The summed E-state index contributed by atoms with van der Waals surface area (Å²) in [7, 11) is 0. The van der Waals surface area contributed by atoms with Gasteiger partial charge in [-0.1, -0.05) is 0 Å². The molecule has 0 heterocycles. The van der Waals surface area contributed by atoms with E-state index in [0.717, 1.165) is 7.14 Å². The lowest BCUT2D eigenvalue weighted by molar-refractivity contribution is -0.597. The molecule has 18 heavy (non-hydrogen) atoms. The number of hydrogen-bond acceptors (Lipinski definition) is 0. The highest BCUT2D eigenvalue weighted by atomic mass is 127. The topological polar surface area (TPSA) is 0 Å². The Morgan fingerprint density at radius 1 is 0.778 bits per heavy atom. The van der Waals surface area contributed by atoms with Crippen LogP contribution in [0.3, 0.4) is 0 Å². The highest BCUT2D eigenvalue weighted by Crippen LogP contribution is 2.14. The predicted octanol–water partition coefficient (Wildman–Crippen LogP) is -1.38. The van der Waals surface area contributed by atoms with Crippen molar-refractivity contribution in [3.05, 3.63) is 64.1 Å². The van der Waals surface area contributed by atoms with Crippen molar-refractivity contribution >= 4 is 31.9 Å². The third-order valence-corrected chi connectivity index (χ3v) is 5.78. The maximum Gasteiger partial charge on any atom is 0.357 e. The minimum Gasteiger partial charge on any atom is -1.00 e. The number of hydrogen-bond donors (Lipinski definition) is 0. The Morgan fingerprint density at radius 2 is 1.17 bits per heavy atom.